The van der Waals surface area contributed by atoms with Crippen LogP contribution < -0.4 is 0 Å². The van der Waals surface area contributed by atoms with Crippen LogP contribution in [-0.4, -0.2) is 14.5 Å². The van der Waals surface area contributed by atoms with Crippen LogP contribution in [0.1, 0.15) is 5.56 Å². The van der Waals surface area contributed by atoms with E-state index in [1.54, 1.807) is 16.8 Å². The highest BCUT2D eigenvalue weighted by atomic mass is 19.4. The zero-order valence-corrected chi connectivity index (χ0v) is 15.1. The van der Waals surface area contributed by atoms with Crippen LogP contribution in [0.25, 0.3) is 38.8 Å². The molecule has 0 saturated carbocycles. The van der Waals surface area contributed by atoms with Crippen molar-refractivity contribution in [3.8, 4) is 16.9 Å². The summed E-state index contributed by atoms with van der Waals surface area (Å²) in [6.07, 6.45) is -1.23. The van der Waals surface area contributed by atoms with Gasteiger partial charge in [0.05, 0.1) is 23.0 Å². The van der Waals surface area contributed by atoms with Crippen molar-refractivity contribution in [2.75, 3.05) is 0 Å². The summed E-state index contributed by atoms with van der Waals surface area (Å²) >= 11 is 0. The molecule has 0 amide bonds. The van der Waals surface area contributed by atoms with Gasteiger partial charge in [0, 0.05) is 11.3 Å². The van der Waals surface area contributed by atoms with Gasteiger partial charge in [0.15, 0.2) is 0 Å². The average Bonchev–Trinajstić information content (AvgIpc) is 3.16. The molecule has 0 spiro atoms. The molecule has 142 valence electrons. The molecule has 3 aromatic carbocycles. The van der Waals surface area contributed by atoms with E-state index in [2.05, 4.69) is 9.97 Å². The normalized spacial score (nSPS) is 12.0. The first-order chi connectivity index (χ1) is 14.0. The third-order valence-corrected chi connectivity index (χ3v) is 4.95. The molecule has 3 nitrogen and oxygen atoms in total. The number of imidazole rings is 1. The summed E-state index contributed by atoms with van der Waals surface area (Å²) in [5, 5.41) is 2.16. The molecule has 0 fully saturated rings. The Labute approximate surface area is 164 Å². The van der Waals surface area contributed by atoms with Gasteiger partial charge in [0.2, 0.25) is 0 Å². The highest BCUT2D eigenvalue weighted by Crippen LogP contribution is 2.32. The van der Waals surface area contributed by atoms with Gasteiger partial charge in [0.1, 0.15) is 11.8 Å². The third kappa shape index (κ3) is 3.02. The zero-order chi connectivity index (χ0) is 20.0. The van der Waals surface area contributed by atoms with Gasteiger partial charge in [-0.25, -0.2) is 4.98 Å². The summed E-state index contributed by atoms with van der Waals surface area (Å²) in [5.41, 5.74) is 2.72. The second-order valence-electron chi connectivity index (χ2n) is 6.75. The monoisotopic (exact) mass is 389 g/mol. The first kappa shape index (κ1) is 17.4. The highest BCUT2D eigenvalue weighted by molar-refractivity contribution is 5.97. The van der Waals surface area contributed by atoms with E-state index in [4.69, 9.17) is 0 Å². The van der Waals surface area contributed by atoms with Crippen LogP contribution in [0.2, 0.25) is 0 Å². The second kappa shape index (κ2) is 6.44. The Morgan fingerprint density at radius 2 is 1.59 bits per heavy atom. The van der Waals surface area contributed by atoms with E-state index in [9.17, 15) is 13.2 Å². The summed E-state index contributed by atoms with van der Waals surface area (Å²) < 4.78 is 41.0. The molecule has 0 aliphatic rings. The predicted molar refractivity (Wildman–Crippen MR) is 107 cm³/mol. The van der Waals surface area contributed by atoms with Gasteiger partial charge in [-0.2, -0.15) is 13.2 Å². The third-order valence-electron chi connectivity index (χ3n) is 4.95. The van der Waals surface area contributed by atoms with Crippen LogP contribution >= 0.6 is 0 Å². The molecule has 0 aliphatic heterocycles. The minimum atomic E-state index is -4.40. The van der Waals surface area contributed by atoms with E-state index in [1.165, 1.54) is 12.4 Å². The Kier molecular flexibility index (Phi) is 3.87. The summed E-state index contributed by atoms with van der Waals surface area (Å²) in [6.45, 7) is 0. The van der Waals surface area contributed by atoms with Gasteiger partial charge in [-0.05, 0) is 35.0 Å². The predicted octanol–water partition coefficient (Wildman–Crippen LogP) is 6.26. The van der Waals surface area contributed by atoms with E-state index >= 15 is 0 Å². The molecule has 2 heterocycles. The van der Waals surface area contributed by atoms with Crippen LogP contribution in [0.4, 0.5) is 13.2 Å². The lowest BCUT2D eigenvalue weighted by molar-refractivity contribution is -0.137. The Balaban J connectivity index is 1.69. The Hall–Kier alpha value is -3.67. The molecule has 5 rings (SSSR count). The lowest BCUT2D eigenvalue weighted by Crippen LogP contribution is -2.05. The Morgan fingerprint density at radius 1 is 0.793 bits per heavy atom. The zero-order valence-electron chi connectivity index (χ0n) is 15.1. The molecule has 0 radical (unpaired) electrons. The fourth-order valence-electron chi connectivity index (χ4n) is 3.55. The Morgan fingerprint density at radius 3 is 2.45 bits per heavy atom. The maximum atomic E-state index is 13.1. The number of aromatic nitrogens is 3. The van der Waals surface area contributed by atoms with E-state index < -0.39 is 11.7 Å². The van der Waals surface area contributed by atoms with Gasteiger partial charge in [-0.3, -0.25) is 9.55 Å². The lowest BCUT2D eigenvalue weighted by atomic mass is 10.0. The number of rotatable bonds is 2. The number of fused-ring (bicyclic) bond motifs is 2. The van der Waals surface area contributed by atoms with Crippen molar-refractivity contribution in [3.63, 3.8) is 0 Å². The van der Waals surface area contributed by atoms with Crippen molar-refractivity contribution in [3.05, 3.63) is 90.9 Å². The number of hydrogen-bond acceptors (Lipinski definition) is 2. The first-order valence-corrected chi connectivity index (χ1v) is 8.99. The minimum absolute atomic E-state index is 0.400. The molecule has 0 bridgehead atoms. The summed E-state index contributed by atoms with van der Waals surface area (Å²) in [7, 11) is 0. The van der Waals surface area contributed by atoms with Crippen LogP contribution in [0.5, 0.6) is 0 Å². The van der Waals surface area contributed by atoms with Crippen molar-refractivity contribution in [1.82, 2.24) is 14.5 Å². The van der Waals surface area contributed by atoms with Crippen molar-refractivity contribution < 1.29 is 13.2 Å². The fraction of sp³-hybridized carbons (Fsp3) is 0.0435. The lowest BCUT2D eigenvalue weighted by Gasteiger charge is -2.11. The van der Waals surface area contributed by atoms with Crippen LogP contribution in [0.3, 0.4) is 0 Å². The topological polar surface area (TPSA) is 30.7 Å². The molecule has 0 N–H and O–H groups in total. The molecule has 0 saturated heterocycles. The number of alkyl halides is 3. The quantitative estimate of drug-likeness (QED) is 0.357. The number of halogens is 3. The molecule has 0 unspecified atom stereocenters. The molecule has 6 heteroatoms. The summed E-state index contributed by atoms with van der Waals surface area (Å²) in [5.74, 6) is 0. The van der Waals surface area contributed by atoms with Gasteiger partial charge in [-0.15, -0.1) is 0 Å². The van der Waals surface area contributed by atoms with E-state index in [0.717, 1.165) is 34.2 Å². The van der Waals surface area contributed by atoms with E-state index in [0.29, 0.717) is 16.7 Å². The molecular formula is C23H14F3N3. The maximum Gasteiger partial charge on any atom is 0.416 e. The standard InChI is InChI=1S/C23H14F3N3/c24-23(25,26)16-7-4-8-17(11-16)29-14-28-21-13-27-20(12-22(21)29)19-10-3-6-15-5-1-2-9-18(15)19/h1-14H. The maximum absolute atomic E-state index is 13.1. The van der Waals surface area contributed by atoms with Gasteiger partial charge in [-0.1, -0.05) is 48.5 Å². The molecule has 29 heavy (non-hydrogen) atoms. The second-order valence-corrected chi connectivity index (χ2v) is 6.75. The molecular weight excluding hydrogens is 375 g/mol. The van der Waals surface area contributed by atoms with Crippen LogP contribution in [0, 0.1) is 0 Å². The number of benzene rings is 3. The fourth-order valence-corrected chi connectivity index (χ4v) is 3.55. The smallest absolute Gasteiger partial charge is 0.299 e. The van der Waals surface area contributed by atoms with Crippen molar-refractivity contribution in [2.24, 2.45) is 0 Å². The van der Waals surface area contributed by atoms with Crippen LogP contribution in [-0.2, 0) is 6.18 Å². The van der Waals surface area contributed by atoms with E-state index in [-0.39, 0.29) is 0 Å². The summed E-state index contributed by atoms with van der Waals surface area (Å²) in [4.78, 5) is 8.84. The molecule has 0 aliphatic carbocycles. The van der Waals surface area contributed by atoms with Gasteiger partial charge >= 0.3 is 6.18 Å². The summed E-state index contributed by atoms with van der Waals surface area (Å²) in [6, 6.07) is 21.1. The highest BCUT2D eigenvalue weighted by Gasteiger charge is 2.30. The van der Waals surface area contributed by atoms with Crippen molar-refractivity contribution in [2.45, 2.75) is 6.18 Å². The molecule has 2 aromatic heterocycles. The van der Waals surface area contributed by atoms with E-state index in [1.807, 2.05) is 48.5 Å². The molecule has 5 aromatic rings. The van der Waals surface area contributed by atoms with Gasteiger partial charge in [0.25, 0.3) is 0 Å². The molecule has 0 atom stereocenters. The number of hydrogen-bond donors (Lipinski definition) is 0. The van der Waals surface area contributed by atoms with Crippen molar-refractivity contribution in [1.29, 1.82) is 0 Å². The van der Waals surface area contributed by atoms with Crippen molar-refractivity contribution >= 4 is 21.8 Å². The largest absolute Gasteiger partial charge is 0.416 e. The first-order valence-electron chi connectivity index (χ1n) is 8.99. The average molecular weight is 389 g/mol. The SMILES string of the molecule is FC(F)(F)c1cccc(-n2cnc3cnc(-c4cccc5ccccc45)cc32)c1. The van der Waals surface area contributed by atoms with Crippen LogP contribution in [0.15, 0.2) is 85.3 Å². The Bertz CT molecular complexity index is 1350. The van der Waals surface area contributed by atoms with Gasteiger partial charge < -0.3 is 0 Å². The number of pyridine rings is 1. The number of nitrogens with zero attached hydrogens (tertiary/aromatic N) is 3. The minimum Gasteiger partial charge on any atom is -0.299 e.